The molecule has 9 heteroatoms. The summed E-state index contributed by atoms with van der Waals surface area (Å²) in [4.78, 5) is 23.3. The van der Waals surface area contributed by atoms with E-state index in [2.05, 4.69) is 15.3 Å². The molecule has 7 nitrogen and oxygen atoms in total. The van der Waals surface area contributed by atoms with Crippen molar-refractivity contribution in [2.45, 2.75) is 6.92 Å². The van der Waals surface area contributed by atoms with Crippen molar-refractivity contribution in [3.05, 3.63) is 22.5 Å². The van der Waals surface area contributed by atoms with E-state index in [4.69, 9.17) is 9.47 Å². The maximum absolute atomic E-state index is 12.4. The van der Waals surface area contributed by atoms with Gasteiger partial charge in [-0.15, -0.1) is 11.3 Å². The second-order valence-corrected chi connectivity index (χ2v) is 7.85. The molecule has 3 heterocycles. The minimum Gasteiger partial charge on any atom is -0.494 e. The molecule has 2 aromatic heterocycles. The molecule has 4 rings (SSSR count). The second kappa shape index (κ2) is 7.18. The largest absolute Gasteiger partial charge is 0.494 e. The summed E-state index contributed by atoms with van der Waals surface area (Å²) in [6.07, 6.45) is 0. The van der Waals surface area contributed by atoms with Crippen molar-refractivity contribution in [2.75, 3.05) is 38.7 Å². The number of aromatic nitrogens is 2. The number of nitrogens with zero attached hydrogens (tertiary/aromatic N) is 3. The third-order valence-corrected chi connectivity index (χ3v) is 5.91. The van der Waals surface area contributed by atoms with Crippen LogP contribution in [0.1, 0.15) is 5.01 Å². The Hall–Kier alpha value is -2.23. The van der Waals surface area contributed by atoms with E-state index < -0.39 is 0 Å². The van der Waals surface area contributed by atoms with Crippen molar-refractivity contribution in [1.29, 1.82) is 0 Å². The number of hydrogen-bond acceptors (Lipinski definition) is 7. The number of amides is 2. The normalized spacial score (nSPS) is 14.6. The topological polar surface area (TPSA) is 76.6 Å². The second-order valence-electron chi connectivity index (χ2n) is 5.79. The Bertz CT molecular complexity index is 947. The van der Waals surface area contributed by atoms with Crippen LogP contribution in [0.3, 0.4) is 0 Å². The Balaban J connectivity index is 1.69. The molecule has 1 fully saturated rings. The SMILES string of the molecule is COc1ccc(-c2csc(C)n2)c2sc(NC(=O)N3CCOCC3)nc12. The van der Waals surface area contributed by atoms with E-state index in [1.165, 1.54) is 11.3 Å². The molecule has 0 saturated carbocycles. The van der Waals surface area contributed by atoms with Crippen LogP contribution in [-0.2, 0) is 4.74 Å². The lowest BCUT2D eigenvalue weighted by Gasteiger charge is -2.26. The van der Waals surface area contributed by atoms with Crippen LogP contribution in [0.2, 0.25) is 0 Å². The lowest BCUT2D eigenvalue weighted by atomic mass is 10.1. The van der Waals surface area contributed by atoms with Gasteiger partial charge in [-0.25, -0.2) is 14.8 Å². The molecule has 1 saturated heterocycles. The Morgan fingerprint density at radius 2 is 2.12 bits per heavy atom. The first-order valence-corrected chi connectivity index (χ1v) is 9.89. The molecule has 0 radical (unpaired) electrons. The lowest BCUT2D eigenvalue weighted by molar-refractivity contribution is 0.0564. The fourth-order valence-corrected chi connectivity index (χ4v) is 4.43. The molecule has 0 atom stereocenters. The molecule has 1 aliphatic heterocycles. The fraction of sp³-hybridized carbons (Fsp3) is 0.353. The van der Waals surface area contributed by atoms with E-state index in [-0.39, 0.29) is 6.03 Å². The van der Waals surface area contributed by atoms with Crippen molar-refractivity contribution < 1.29 is 14.3 Å². The number of methoxy groups -OCH3 is 1. The number of urea groups is 1. The van der Waals surface area contributed by atoms with Gasteiger partial charge in [-0.2, -0.15) is 0 Å². The zero-order valence-corrected chi connectivity index (χ0v) is 16.1. The summed E-state index contributed by atoms with van der Waals surface area (Å²) in [6, 6.07) is 3.72. The van der Waals surface area contributed by atoms with Gasteiger partial charge in [0.15, 0.2) is 5.13 Å². The molecule has 1 aliphatic rings. The number of aryl methyl sites for hydroxylation is 1. The number of thiazole rings is 2. The fourth-order valence-electron chi connectivity index (χ4n) is 2.83. The molecule has 0 aliphatic carbocycles. The molecule has 2 amide bonds. The van der Waals surface area contributed by atoms with Crippen LogP contribution in [0.25, 0.3) is 21.5 Å². The standard InChI is InChI=1S/C17H18N4O3S2/c1-10-18-12(9-25-10)11-3-4-13(23-2)14-15(11)26-16(19-14)20-17(22)21-5-7-24-8-6-21/h3-4,9H,5-8H2,1-2H3,(H,19,20,22). The van der Waals surface area contributed by atoms with Gasteiger partial charge in [0.25, 0.3) is 0 Å². The van der Waals surface area contributed by atoms with Gasteiger partial charge < -0.3 is 14.4 Å². The van der Waals surface area contributed by atoms with Gasteiger partial charge in [0, 0.05) is 24.0 Å². The van der Waals surface area contributed by atoms with Crippen molar-refractivity contribution in [3.63, 3.8) is 0 Å². The average Bonchev–Trinajstić information content (AvgIpc) is 3.27. The first-order valence-electron chi connectivity index (χ1n) is 8.19. The summed E-state index contributed by atoms with van der Waals surface area (Å²) in [5.41, 5.74) is 2.64. The summed E-state index contributed by atoms with van der Waals surface area (Å²) in [5.74, 6) is 0.679. The Kier molecular flexibility index (Phi) is 4.75. The van der Waals surface area contributed by atoms with Crippen LogP contribution < -0.4 is 10.1 Å². The number of fused-ring (bicyclic) bond motifs is 1. The van der Waals surface area contributed by atoms with Gasteiger partial charge in [0.2, 0.25) is 0 Å². The van der Waals surface area contributed by atoms with Crippen LogP contribution >= 0.6 is 22.7 Å². The van der Waals surface area contributed by atoms with Crippen LogP contribution in [0, 0.1) is 6.92 Å². The van der Waals surface area contributed by atoms with E-state index in [1.807, 2.05) is 24.4 Å². The number of hydrogen-bond donors (Lipinski definition) is 1. The summed E-state index contributed by atoms with van der Waals surface area (Å²) >= 11 is 3.04. The molecular weight excluding hydrogens is 372 g/mol. The summed E-state index contributed by atoms with van der Waals surface area (Å²) in [5, 5.41) is 6.49. The molecule has 1 aromatic carbocycles. The summed E-state index contributed by atoms with van der Waals surface area (Å²) in [7, 11) is 1.62. The zero-order valence-electron chi connectivity index (χ0n) is 14.4. The van der Waals surface area contributed by atoms with E-state index in [1.54, 1.807) is 23.3 Å². The quantitative estimate of drug-likeness (QED) is 0.739. The molecule has 0 bridgehead atoms. The van der Waals surface area contributed by atoms with Crippen molar-refractivity contribution in [1.82, 2.24) is 14.9 Å². The average molecular weight is 390 g/mol. The monoisotopic (exact) mass is 390 g/mol. The number of anilines is 1. The van der Waals surface area contributed by atoms with Crippen LogP contribution in [0.5, 0.6) is 5.75 Å². The molecule has 1 N–H and O–H groups in total. The van der Waals surface area contributed by atoms with Gasteiger partial charge in [0.1, 0.15) is 11.3 Å². The number of carbonyl (C=O) groups is 1. The highest BCUT2D eigenvalue weighted by Crippen LogP contribution is 2.39. The van der Waals surface area contributed by atoms with Gasteiger partial charge in [0.05, 0.1) is 35.7 Å². The number of carbonyl (C=O) groups excluding carboxylic acids is 1. The minimum atomic E-state index is -0.155. The van der Waals surface area contributed by atoms with Crippen LogP contribution in [0.4, 0.5) is 9.93 Å². The maximum Gasteiger partial charge on any atom is 0.323 e. The Morgan fingerprint density at radius 1 is 1.31 bits per heavy atom. The van der Waals surface area contributed by atoms with Gasteiger partial charge in [-0.05, 0) is 19.1 Å². The van der Waals surface area contributed by atoms with E-state index >= 15 is 0 Å². The first-order chi connectivity index (χ1) is 12.7. The Morgan fingerprint density at radius 3 is 2.81 bits per heavy atom. The lowest BCUT2D eigenvalue weighted by Crippen LogP contribution is -2.43. The van der Waals surface area contributed by atoms with Crippen molar-refractivity contribution in [2.24, 2.45) is 0 Å². The highest BCUT2D eigenvalue weighted by atomic mass is 32.1. The van der Waals surface area contributed by atoms with Gasteiger partial charge in [-0.3, -0.25) is 5.32 Å². The van der Waals surface area contributed by atoms with Crippen molar-refractivity contribution in [3.8, 4) is 17.0 Å². The van der Waals surface area contributed by atoms with Gasteiger partial charge >= 0.3 is 6.03 Å². The molecule has 136 valence electrons. The zero-order chi connectivity index (χ0) is 18.1. The molecule has 26 heavy (non-hydrogen) atoms. The number of benzene rings is 1. The summed E-state index contributed by atoms with van der Waals surface area (Å²) < 4.78 is 11.7. The van der Waals surface area contributed by atoms with E-state index in [0.29, 0.717) is 37.2 Å². The predicted molar refractivity (Wildman–Crippen MR) is 103 cm³/mol. The van der Waals surface area contributed by atoms with Crippen LogP contribution in [0.15, 0.2) is 17.5 Å². The predicted octanol–water partition coefficient (Wildman–Crippen LogP) is 3.60. The van der Waals surface area contributed by atoms with E-state index in [0.717, 1.165) is 26.5 Å². The smallest absolute Gasteiger partial charge is 0.323 e. The highest BCUT2D eigenvalue weighted by Gasteiger charge is 2.20. The molecule has 3 aromatic rings. The van der Waals surface area contributed by atoms with Crippen molar-refractivity contribution >= 4 is 44.1 Å². The molecule has 0 unspecified atom stereocenters. The molecular formula is C17H18N4O3S2. The summed E-state index contributed by atoms with van der Waals surface area (Å²) in [6.45, 7) is 4.28. The Labute approximate surface area is 158 Å². The van der Waals surface area contributed by atoms with Crippen LogP contribution in [-0.4, -0.2) is 54.3 Å². The number of nitrogens with one attached hydrogen (secondary N) is 1. The van der Waals surface area contributed by atoms with E-state index in [9.17, 15) is 4.79 Å². The first kappa shape index (κ1) is 17.2. The highest BCUT2D eigenvalue weighted by molar-refractivity contribution is 7.23. The third-order valence-electron chi connectivity index (χ3n) is 4.13. The maximum atomic E-state index is 12.4. The number of rotatable bonds is 3. The minimum absolute atomic E-state index is 0.155. The van der Waals surface area contributed by atoms with Gasteiger partial charge in [-0.1, -0.05) is 11.3 Å². The third kappa shape index (κ3) is 3.25. The number of morpholine rings is 1. The number of ether oxygens (including phenoxy) is 2. The molecule has 0 spiro atoms.